The minimum atomic E-state index is -0.863. The zero-order valence-electron chi connectivity index (χ0n) is 12.4. The molecule has 0 aliphatic heterocycles. The molecule has 2 aliphatic carbocycles. The van der Waals surface area contributed by atoms with Gasteiger partial charge in [-0.15, -0.1) is 0 Å². The Balaban J connectivity index is 1.97. The predicted octanol–water partition coefficient (Wildman–Crippen LogP) is 2.74. The van der Waals surface area contributed by atoms with Gasteiger partial charge in [0.05, 0.1) is 11.8 Å². The van der Waals surface area contributed by atoms with Crippen molar-refractivity contribution in [2.75, 3.05) is 0 Å². The molecule has 0 aromatic heterocycles. The van der Waals surface area contributed by atoms with E-state index in [9.17, 15) is 14.7 Å². The van der Waals surface area contributed by atoms with Crippen LogP contribution in [-0.4, -0.2) is 23.0 Å². The highest BCUT2D eigenvalue weighted by molar-refractivity contribution is 5.85. The summed E-state index contributed by atoms with van der Waals surface area (Å²) in [6.07, 6.45) is 9.12. The molecule has 0 saturated heterocycles. The molecule has 1 amide bonds. The second-order valence-electron chi connectivity index (χ2n) is 6.96. The summed E-state index contributed by atoms with van der Waals surface area (Å²) in [5.41, 5.74) is 0.273. The zero-order valence-corrected chi connectivity index (χ0v) is 12.4. The first kappa shape index (κ1) is 15.1. The van der Waals surface area contributed by atoms with Crippen molar-refractivity contribution >= 4 is 11.9 Å². The summed E-state index contributed by atoms with van der Waals surface area (Å²) in [5, 5.41) is 12.3. The van der Waals surface area contributed by atoms with Crippen molar-refractivity contribution in [1.82, 2.24) is 5.32 Å². The lowest BCUT2D eigenvalue weighted by Crippen LogP contribution is -2.46. The molecule has 0 aromatic rings. The third-order valence-corrected chi connectivity index (χ3v) is 4.64. The lowest BCUT2D eigenvalue weighted by atomic mass is 9.74. The molecular weight excluding hydrogens is 254 g/mol. The number of nitrogens with one attached hydrogen (secondary N) is 1. The molecule has 2 aliphatic rings. The maximum atomic E-state index is 12.4. The second kappa shape index (κ2) is 5.98. The summed E-state index contributed by atoms with van der Waals surface area (Å²) < 4.78 is 0. The van der Waals surface area contributed by atoms with Crippen LogP contribution in [0.15, 0.2) is 12.2 Å². The molecule has 4 nitrogen and oxygen atoms in total. The molecule has 20 heavy (non-hydrogen) atoms. The molecule has 4 heteroatoms. The Morgan fingerprint density at radius 1 is 1.20 bits per heavy atom. The normalized spacial score (nSPS) is 32.6. The Morgan fingerprint density at radius 2 is 1.85 bits per heavy atom. The average molecular weight is 279 g/mol. The van der Waals surface area contributed by atoms with E-state index >= 15 is 0 Å². The van der Waals surface area contributed by atoms with Crippen LogP contribution in [0.2, 0.25) is 0 Å². The Bertz CT molecular complexity index is 414. The van der Waals surface area contributed by atoms with Gasteiger partial charge in [-0.25, -0.2) is 0 Å². The van der Waals surface area contributed by atoms with Crippen molar-refractivity contribution < 1.29 is 14.7 Å². The van der Waals surface area contributed by atoms with Gasteiger partial charge in [-0.3, -0.25) is 9.59 Å². The summed E-state index contributed by atoms with van der Waals surface area (Å²) in [7, 11) is 0. The van der Waals surface area contributed by atoms with E-state index in [0.717, 1.165) is 19.3 Å². The predicted molar refractivity (Wildman–Crippen MR) is 77.2 cm³/mol. The number of carbonyl (C=O) groups excluding carboxylic acids is 1. The van der Waals surface area contributed by atoms with Crippen molar-refractivity contribution in [3.63, 3.8) is 0 Å². The first-order valence-electron chi connectivity index (χ1n) is 7.57. The van der Waals surface area contributed by atoms with Gasteiger partial charge in [-0.2, -0.15) is 0 Å². The van der Waals surface area contributed by atoms with Gasteiger partial charge in [-0.1, -0.05) is 32.4 Å². The van der Waals surface area contributed by atoms with Gasteiger partial charge >= 0.3 is 5.97 Å². The fourth-order valence-electron chi connectivity index (χ4n) is 3.51. The Morgan fingerprint density at radius 3 is 2.45 bits per heavy atom. The van der Waals surface area contributed by atoms with Gasteiger partial charge in [0.25, 0.3) is 0 Å². The summed E-state index contributed by atoms with van der Waals surface area (Å²) >= 11 is 0. The van der Waals surface area contributed by atoms with Crippen LogP contribution >= 0.6 is 0 Å². The molecule has 2 rings (SSSR count). The van der Waals surface area contributed by atoms with E-state index in [4.69, 9.17) is 0 Å². The smallest absolute Gasteiger partial charge is 0.307 e. The van der Waals surface area contributed by atoms with Crippen LogP contribution in [0, 0.1) is 17.3 Å². The molecule has 2 N–H and O–H groups in total. The number of rotatable bonds is 3. The summed E-state index contributed by atoms with van der Waals surface area (Å²) in [6.45, 7) is 4.46. The molecule has 0 heterocycles. The monoisotopic (exact) mass is 279 g/mol. The number of carboxylic acids is 1. The summed E-state index contributed by atoms with van der Waals surface area (Å²) in [4.78, 5) is 23.6. The van der Waals surface area contributed by atoms with Crippen LogP contribution in [0.1, 0.15) is 52.4 Å². The number of allylic oxidation sites excluding steroid dienone is 2. The number of carbonyl (C=O) groups is 2. The highest BCUT2D eigenvalue weighted by Gasteiger charge is 2.36. The van der Waals surface area contributed by atoms with Crippen molar-refractivity contribution in [3.05, 3.63) is 12.2 Å². The molecule has 3 atom stereocenters. The minimum absolute atomic E-state index is 0.0792. The van der Waals surface area contributed by atoms with E-state index in [0.29, 0.717) is 12.8 Å². The molecule has 1 saturated carbocycles. The van der Waals surface area contributed by atoms with Crippen LogP contribution in [-0.2, 0) is 9.59 Å². The van der Waals surface area contributed by atoms with Crippen LogP contribution in [0.25, 0.3) is 0 Å². The summed E-state index contributed by atoms with van der Waals surface area (Å²) in [5.74, 6) is -1.93. The van der Waals surface area contributed by atoms with E-state index in [1.165, 1.54) is 6.42 Å². The van der Waals surface area contributed by atoms with Gasteiger partial charge in [0.15, 0.2) is 0 Å². The van der Waals surface area contributed by atoms with Crippen molar-refractivity contribution in [2.24, 2.45) is 17.3 Å². The molecule has 0 aromatic carbocycles. The van der Waals surface area contributed by atoms with Gasteiger partial charge in [0.2, 0.25) is 5.91 Å². The third-order valence-electron chi connectivity index (χ3n) is 4.64. The topological polar surface area (TPSA) is 66.4 Å². The zero-order chi connectivity index (χ0) is 14.8. The van der Waals surface area contributed by atoms with Crippen molar-refractivity contribution in [1.29, 1.82) is 0 Å². The second-order valence-corrected chi connectivity index (χ2v) is 6.96. The third kappa shape index (κ3) is 3.62. The molecule has 0 bridgehead atoms. The first-order chi connectivity index (χ1) is 9.39. The standard InChI is InChI=1S/C16H25NO3/c1-16(2)9-5-6-11(10-16)17-14(18)12-7-3-4-8-13(12)15(19)20/h3-4,11-13H,5-10H2,1-2H3,(H,17,18)(H,19,20)/t11?,12-,13+/m1/s1. The molecule has 0 spiro atoms. The van der Waals surface area contributed by atoms with E-state index in [2.05, 4.69) is 19.2 Å². The van der Waals surface area contributed by atoms with E-state index in [-0.39, 0.29) is 17.4 Å². The Labute approximate surface area is 120 Å². The lowest BCUT2D eigenvalue weighted by molar-refractivity contribution is -0.147. The molecule has 1 fully saturated rings. The Kier molecular flexibility index (Phi) is 4.51. The molecule has 0 radical (unpaired) electrons. The van der Waals surface area contributed by atoms with Gasteiger partial charge in [0, 0.05) is 6.04 Å². The fraction of sp³-hybridized carbons (Fsp3) is 0.750. The van der Waals surface area contributed by atoms with E-state index < -0.39 is 17.8 Å². The summed E-state index contributed by atoms with van der Waals surface area (Å²) in [6, 6.07) is 0.201. The quantitative estimate of drug-likeness (QED) is 0.781. The van der Waals surface area contributed by atoms with E-state index in [1.54, 1.807) is 0 Å². The molecular formula is C16H25NO3. The number of hydrogen-bond acceptors (Lipinski definition) is 2. The SMILES string of the molecule is CC1(C)CCCC(NC(=O)[C@@H]2CC=CC[C@@H]2C(=O)O)C1. The number of amides is 1. The molecule has 112 valence electrons. The minimum Gasteiger partial charge on any atom is -0.481 e. The largest absolute Gasteiger partial charge is 0.481 e. The number of hydrogen-bond donors (Lipinski definition) is 2. The van der Waals surface area contributed by atoms with Crippen LogP contribution in [0.3, 0.4) is 0 Å². The Hall–Kier alpha value is -1.32. The highest BCUT2D eigenvalue weighted by atomic mass is 16.4. The average Bonchev–Trinajstić information content (AvgIpc) is 2.37. The van der Waals surface area contributed by atoms with Crippen LogP contribution in [0.5, 0.6) is 0 Å². The maximum absolute atomic E-state index is 12.4. The van der Waals surface area contributed by atoms with Crippen LogP contribution < -0.4 is 5.32 Å². The molecule has 1 unspecified atom stereocenters. The first-order valence-corrected chi connectivity index (χ1v) is 7.57. The van der Waals surface area contributed by atoms with Gasteiger partial charge in [-0.05, 0) is 37.5 Å². The highest BCUT2D eigenvalue weighted by Crippen LogP contribution is 2.35. The van der Waals surface area contributed by atoms with Crippen molar-refractivity contribution in [3.8, 4) is 0 Å². The van der Waals surface area contributed by atoms with Crippen molar-refractivity contribution in [2.45, 2.75) is 58.4 Å². The van der Waals surface area contributed by atoms with E-state index in [1.807, 2.05) is 12.2 Å². The number of aliphatic carboxylic acids is 1. The van der Waals surface area contributed by atoms with Gasteiger partial charge in [0.1, 0.15) is 0 Å². The number of carboxylic acid groups (broad SMARTS) is 1. The maximum Gasteiger partial charge on any atom is 0.307 e. The fourth-order valence-corrected chi connectivity index (χ4v) is 3.51. The van der Waals surface area contributed by atoms with Gasteiger partial charge < -0.3 is 10.4 Å². The lowest BCUT2D eigenvalue weighted by Gasteiger charge is -2.36. The van der Waals surface area contributed by atoms with Crippen LogP contribution in [0.4, 0.5) is 0 Å².